The fourth-order valence-corrected chi connectivity index (χ4v) is 3.44. The molecule has 0 saturated carbocycles. The maximum Gasteiger partial charge on any atom is 0.323 e. The number of carbonyl (C=O) groups is 2. The molecule has 1 aliphatic carbocycles. The number of nitrogens with zero attached hydrogens (tertiary/aromatic N) is 3. The Morgan fingerprint density at radius 1 is 1.30 bits per heavy atom. The van der Waals surface area contributed by atoms with E-state index in [9.17, 15) is 18.4 Å². The van der Waals surface area contributed by atoms with E-state index in [0.717, 1.165) is 12.5 Å². The van der Waals surface area contributed by atoms with E-state index in [0.29, 0.717) is 24.1 Å². The van der Waals surface area contributed by atoms with E-state index in [2.05, 4.69) is 5.10 Å². The van der Waals surface area contributed by atoms with Crippen molar-refractivity contribution in [1.29, 1.82) is 0 Å². The van der Waals surface area contributed by atoms with Crippen molar-refractivity contribution >= 4 is 11.9 Å². The molecule has 27 heavy (non-hydrogen) atoms. The van der Waals surface area contributed by atoms with E-state index >= 15 is 0 Å². The lowest BCUT2D eigenvalue weighted by atomic mass is 10.1. The standard InChI is InChI=1S/C19H21F2N3O3/c1-11(2)9-23(10-16(25)26)19(27)18-12-5-3-7-14(12)24(22-18)15-8-4-6-13(20)17(15)21/h4,6,8,11H,3,5,7,9-10H2,1-2H3,(H,25,26). The van der Waals surface area contributed by atoms with Crippen LogP contribution in [0.3, 0.4) is 0 Å². The highest BCUT2D eigenvalue weighted by Crippen LogP contribution is 2.30. The number of hydrogen-bond donors (Lipinski definition) is 1. The molecule has 6 nitrogen and oxygen atoms in total. The molecule has 8 heteroatoms. The number of fused-ring (bicyclic) bond motifs is 1. The van der Waals surface area contributed by atoms with Gasteiger partial charge in [0.05, 0.1) is 0 Å². The Balaban J connectivity index is 2.05. The summed E-state index contributed by atoms with van der Waals surface area (Å²) in [6.45, 7) is 3.59. The van der Waals surface area contributed by atoms with E-state index in [-0.39, 0.29) is 23.8 Å². The number of carboxylic acid groups (broad SMARTS) is 1. The number of hydrogen-bond acceptors (Lipinski definition) is 3. The van der Waals surface area contributed by atoms with Crippen LogP contribution in [0.25, 0.3) is 5.69 Å². The topological polar surface area (TPSA) is 75.4 Å². The zero-order chi connectivity index (χ0) is 19.7. The maximum absolute atomic E-state index is 14.3. The van der Waals surface area contributed by atoms with Gasteiger partial charge in [-0.1, -0.05) is 19.9 Å². The smallest absolute Gasteiger partial charge is 0.323 e. The quantitative estimate of drug-likeness (QED) is 0.840. The first-order valence-corrected chi connectivity index (χ1v) is 8.85. The number of rotatable bonds is 6. The van der Waals surface area contributed by atoms with E-state index in [4.69, 9.17) is 5.11 Å². The van der Waals surface area contributed by atoms with Crippen LogP contribution in [0.15, 0.2) is 18.2 Å². The Morgan fingerprint density at radius 3 is 2.70 bits per heavy atom. The second-order valence-electron chi connectivity index (χ2n) is 7.09. The molecule has 0 bridgehead atoms. The van der Waals surface area contributed by atoms with Crippen LogP contribution in [-0.2, 0) is 17.6 Å². The average Bonchev–Trinajstić information content (AvgIpc) is 3.18. The highest BCUT2D eigenvalue weighted by atomic mass is 19.2. The minimum atomic E-state index is -1.11. The predicted molar refractivity (Wildman–Crippen MR) is 93.9 cm³/mol. The molecule has 1 heterocycles. The van der Waals surface area contributed by atoms with Gasteiger partial charge in [-0.3, -0.25) is 9.59 Å². The molecular formula is C19H21F2N3O3. The number of carbonyl (C=O) groups excluding carboxylic acids is 1. The normalized spacial score (nSPS) is 13.1. The lowest BCUT2D eigenvalue weighted by molar-refractivity contribution is -0.137. The SMILES string of the molecule is CC(C)CN(CC(=O)O)C(=O)c1nn(-c2cccc(F)c2F)c2c1CCC2. The van der Waals surface area contributed by atoms with Crippen LogP contribution in [-0.4, -0.2) is 44.8 Å². The van der Waals surface area contributed by atoms with Crippen molar-refractivity contribution in [3.05, 3.63) is 46.8 Å². The molecular weight excluding hydrogens is 356 g/mol. The van der Waals surface area contributed by atoms with Gasteiger partial charge in [0.25, 0.3) is 5.91 Å². The molecule has 2 aromatic rings. The monoisotopic (exact) mass is 377 g/mol. The summed E-state index contributed by atoms with van der Waals surface area (Å²) >= 11 is 0. The highest BCUT2D eigenvalue weighted by molar-refractivity contribution is 5.96. The molecule has 144 valence electrons. The summed E-state index contributed by atoms with van der Waals surface area (Å²) in [4.78, 5) is 25.4. The molecule has 0 radical (unpaired) electrons. The molecule has 0 unspecified atom stereocenters. The summed E-state index contributed by atoms with van der Waals surface area (Å²) < 4.78 is 29.2. The van der Waals surface area contributed by atoms with E-state index in [1.165, 1.54) is 21.7 Å². The molecule has 1 amide bonds. The van der Waals surface area contributed by atoms with Crippen molar-refractivity contribution in [3.63, 3.8) is 0 Å². The lowest BCUT2D eigenvalue weighted by Gasteiger charge is -2.22. The van der Waals surface area contributed by atoms with Crippen molar-refractivity contribution in [2.75, 3.05) is 13.1 Å². The molecule has 3 rings (SSSR count). The Hall–Kier alpha value is -2.77. The van der Waals surface area contributed by atoms with Gasteiger partial charge in [-0.25, -0.2) is 13.5 Å². The van der Waals surface area contributed by atoms with Gasteiger partial charge in [0.2, 0.25) is 0 Å². The molecule has 0 spiro atoms. The third-order valence-corrected chi connectivity index (χ3v) is 4.49. The zero-order valence-electron chi connectivity index (χ0n) is 15.2. The fraction of sp³-hybridized carbons (Fsp3) is 0.421. The van der Waals surface area contributed by atoms with Crippen molar-refractivity contribution in [1.82, 2.24) is 14.7 Å². The van der Waals surface area contributed by atoms with Crippen LogP contribution in [0.1, 0.15) is 42.0 Å². The summed E-state index contributed by atoms with van der Waals surface area (Å²) in [5.74, 6) is -3.56. The van der Waals surface area contributed by atoms with Gasteiger partial charge in [-0.2, -0.15) is 5.10 Å². The van der Waals surface area contributed by atoms with E-state index < -0.39 is 30.1 Å². The lowest BCUT2D eigenvalue weighted by Crippen LogP contribution is -2.38. The molecule has 1 aromatic carbocycles. The van der Waals surface area contributed by atoms with Gasteiger partial charge in [0, 0.05) is 17.8 Å². The Labute approximate surface area is 155 Å². The van der Waals surface area contributed by atoms with E-state index in [1.807, 2.05) is 13.8 Å². The third-order valence-electron chi connectivity index (χ3n) is 4.49. The van der Waals surface area contributed by atoms with Crippen LogP contribution in [0, 0.1) is 17.6 Å². The maximum atomic E-state index is 14.3. The first-order chi connectivity index (χ1) is 12.8. The summed E-state index contributed by atoms with van der Waals surface area (Å²) in [6, 6.07) is 3.81. The van der Waals surface area contributed by atoms with Crippen LogP contribution in [0.5, 0.6) is 0 Å². The van der Waals surface area contributed by atoms with Gasteiger partial charge >= 0.3 is 5.97 Å². The molecule has 0 saturated heterocycles. The van der Waals surface area contributed by atoms with Gasteiger partial charge in [0.1, 0.15) is 12.2 Å². The van der Waals surface area contributed by atoms with Gasteiger partial charge in [-0.15, -0.1) is 0 Å². The zero-order valence-corrected chi connectivity index (χ0v) is 15.2. The Bertz CT molecular complexity index is 893. The number of amides is 1. The number of carboxylic acids is 1. The molecule has 1 N–H and O–H groups in total. The third kappa shape index (κ3) is 3.70. The first-order valence-electron chi connectivity index (χ1n) is 8.85. The number of aromatic nitrogens is 2. The van der Waals surface area contributed by atoms with Gasteiger partial charge < -0.3 is 10.0 Å². The minimum absolute atomic E-state index is 0.0548. The second kappa shape index (κ2) is 7.46. The molecule has 0 fully saturated rings. The number of benzene rings is 1. The summed E-state index contributed by atoms with van der Waals surface area (Å²) in [6.07, 6.45) is 1.96. The number of aliphatic carboxylic acids is 1. The van der Waals surface area contributed by atoms with Crippen LogP contribution < -0.4 is 0 Å². The molecule has 0 aliphatic heterocycles. The summed E-state index contributed by atoms with van der Waals surface area (Å²) in [5, 5.41) is 13.4. The van der Waals surface area contributed by atoms with Crippen LogP contribution in [0.4, 0.5) is 8.78 Å². The largest absolute Gasteiger partial charge is 0.480 e. The van der Waals surface area contributed by atoms with Crippen molar-refractivity contribution in [2.24, 2.45) is 5.92 Å². The molecule has 1 aromatic heterocycles. The molecule has 0 atom stereocenters. The summed E-state index contributed by atoms with van der Waals surface area (Å²) in [7, 11) is 0. The minimum Gasteiger partial charge on any atom is -0.480 e. The molecule has 1 aliphatic rings. The fourth-order valence-electron chi connectivity index (χ4n) is 3.44. The number of halogens is 2. The van der Waals surface area contributed by atoms with Crippen LogP contribution >= 0.6 is 0 Å². The first kappa shape index (κ1) is 19.0. The van der Waals surface area contributed by atoms with E-state index in [1.54, 1.807) is 0 Å². The Kier molecular flexibility index (Phi) is 5.25. The van der Waals surface area contributed by atoms with Gasteiger partial charge in [0.15, 0.2) is 17.3 Å². The van der Waals surface area contributed by atoms with Crippen molar-refractivity contribution < 1.29 is 23.5 Å². The van der Waals surface area contributed by atoms with Crippen molar-refractivity contribution in [2.45, 2.75) is 33.1 Å². The van der Waals surface area contributed by atoms with Crippen LogP contribution in [0.2, 0.25) is 0 Å². The second-order valence-corrected chi connectivity index (χ2v) is 7.09. The van der Waals surface area contributed by atoms with Gasteiger partial charge in [-0.05, 0) is 37.3 Å². The highest BCUT2D eigenvalue weighted by Gasteiger charge is 2.31. The summed E-state index contributed by atoms with van der Waals surface area (Å²) in [5.41, 5.74) is 1.42. The Morgan fingerprint density at radius 2 is 2.04 bits per heavy atom. The predicted octanol–water partition coefficient (Wildman–Crippen LogP) is 2.82. The average molecular weight is 377 g/mol. The van der Waals surface area contributed by atoms with Crippen molar-refractivity contribution in [3.8, 4) is 5.69 Å².